The lowest BCUT2D eigenvalue weighted by Gasteiger charge is -2.03. The summed E-state index contributed by atoms with van der Waals surface area (Å²) in [6.07, 6.45) is 12.7. The van der Waals surface area contributed by atoms with Crippen LogP contribution in [0.3, 0.4) is 0 Å². The highest BCUT2D eigenvalue weighted by atomic mass is 16.4. The molecule has 0 saturated carbocycles. The van der Waals surface area contributed by atoms with E-state index in [1.54, 1.807) is 0 Å². The van der Waals surface area contributed by atoms with Crippen LogP contribution in [0.25, 0.3) is 0 Å². The zero-order valence-corrected chi connectivity index (χ0v) is 13.3. The Morgan fingerprint density at radius 3 is 1.95 bits per heavy atom. The third kappa shape index (κ3) is 13.4. The van der Waals surface area contributed by atoms with Crippen LogP contribution in [0.15, 0.2) is 11.6 Å². The number of unbranched alkanes of at least 4 members (excludes halogenated alkanes) is 8. The molecule has 0 saturated heterocycles. The fourth-order valence-electron chi connectivity index (χ4n) is 2.27. The quantitative estimate of drug-likeness (QED) is 0.357. The van der Waals surface area contributed by atoms with Crippen LogP contribution in [0.2, 0.25) is 0 Å². The zero-order valence-electron chi connectivity index (χ0n) is 13.3. The van der Waals surface area contributed by atoms with Gasteiger partial charge in [0, 0.05) is 12.0 Å². The van der Waals surface area contributed by atoms with Gasteiger partial charge in [-0.25, -0.2) is 4.79 Å². The molecule has 4 heteroatoms. The lowest BCUT2D eigenvalue weighted by molar-refractivity contribution is -0.137. The van der Waals surface area contributed by atoms with Crippen molar-refractivity contribution >= 4 is 11.9 Å². The molecular formula is C17H30O4. The van der Waals surface area contributed by atoms with Crippen molar-refractivity contribution in [3.05, 3.63) is 11.6 Å². The lowest BCUT2D eigenvalue weighted by atomic mass is 10.0. The van der Waals surface area contributed by atoms with Gasteiger partial charge in [-0.2, -0.15) is 0 Å². The highest BCUT2D eigenvalue weighted by Crippen LogP contribution is 2.14. The molecule has 0 heterocycles. The van der Waals surface area contributed by atoms with Gasteiger partial charge in [-0.3, -0.25) is 4.79 Å². The first-order valence-corrected chi connectivity index (χ1v) is 8.22. The molecule has 0 aliphatic carbocycles. The molecule has 122 valence electrons. The Morgan fingerprint density at radius 2 is 1.38 bits per heavy atom. The maximum Gasteiger partial charge on any atom is 0.331 e. The van der Waals surface area contributed by atoms with Crippen molar-refractivity contribution in [1.29, 1.82) is 0 Å². The molecule has 0 rings (SSSR count). The minimum Gasteiger partial charge on any atom is -0.481 e. The number of rotatable bonds is 14. The molecule has 0 bridgehead atoms. The minimum atomic E-state index is -0.811. The van der Waals surface area contributed by atoms with Crippen LogP contribution >= 0.6 is 0 Å². The van der Waals surface area contributed by atoms with E-state index >= 15 is 0 Å². The molecule has 0 aliphatic rings. The first-order chi connectivity index (χ1) is 10.1. The van der Waals surface area contributed by atoms with Crippen LogP contribution < -0.4 is 0 Å². The number of hydrogen-bond acceptors (Lipinski definition) is 2. The van der Waals surface area contributed by atoms with E-state index in [-0.39, 0.29) is 6.42 Å². The number of carboxylic acids is 2. The summed E-state index contributed by atoms with van der Waals surface area (Å²) in [5.41, 5.74) is 0.517. The van der Waals surface area contributed by atoms with Crippen LogP contribution in [-0.2, 0) is 9.59 Å². The molecule has 0 fully saturated rings. The molecule has 0 aromatic rings. The first-order valence-electron chi connectivity index (χ1n) is 8.22. The smallest absolute Gasteiger partial charge is 0.331 e. The molecule has 0 unspecified atom stereocenters. The van der Waals surface area contributed by atoms with Gasteiger partial charge in [0.25, 0.3) is 0 Å². The maximum absolute atomic E-state index is 11.1. The summed E-state index contributed by atoms with van der Waals surface area (Å²) >= 11 is 0. The molecule has 0 atom stereocenters. The Bertz CT molecular complexity index is 321. The van der Waals surface area contributed by atoms with Gasteiger partial charge in [0.2, 0.25) is 0 Å². The Kier molecular flexibility index (Phi) is 12.8. The summed E-state index contributed by atoms with van der Waals surface area (Å²) in [7, 11) is 0. The summed E-state index contributed by atoms with van der Waals surface area (Å²) in [6.45, 7) is 2.18. The number of allylic oxidation sites excluding steroid dienone is 1. The van der Waals surface area contributed by atoms with Crippen LogP contribution in [-0.4, -0.2) is 22.2 Å². The molecule has 2 N–H and O–H groups in total. The second kappa shape index (κ2) is 13.7. The number of carboxylic acid groups (broad SMARTS) is 2. The van der Waals surface area contributed by atoms with Gasteiger partial charge in [0.1, 0.15) is 0 Å². The van der Waals surface area contributed by atoms with Crippen LogP contribution in [0.4, 0.5) is 0 Å². The van der Waals surface area contributed by atoms with E-state index in [0.29, 0.717) is 18.4 Å². The van der Waals surface area contributed by atoms with Gasteiger partial charge >= 0.3 is 11.9 Å². The Labute approximate surface area is 128 Å². The van der Waals surface area contributed by atoms with E-state index in [2.05, 4.69) is 6.92 Å². The Hall–Kier alpha value is -1.32. The molecule has 0 aromatic carbocycles. The molecule has 0 radical (unpaired) electrons. The van der Waals surface area contributed by atoms with Crippen molar-refractivity contribution in [3.8, 4) is 0 Å². The summed E-state index contributed by atoms with van der Waals surface area (Å²) in [4.78, 5) is 21.5. The molecule has 21 heavy (non-hydrogen) atoms. The molecule has 0 spiro atoms. The minimum absolute atomic E-state index is 0.208. The average Bonchev–Trinajstić information content (AvgIpc) is 2.43. The highest BCUT2D eigenvalue weighted by molar-refractivity contribution is 5.86. The lowest BCUT2D eigenvalue weighted by Crippen LogP contribution is -2.01. The second-order valence-corrected chi connectivity index (χ2v) is 5.55. The first kappa shape index (κ1) is 19.7. The molecule has 0 amide bonds. The van der Waals surface area contributed by atoms with E-state index in [1.165, 1.54) is 25.7 Å². The number of hydrogen-bond donors (Lipinski definition) is 2. The number of aliphatic carboxylic acids is 2. The largest absolute Gasteiger partial charge is 0.481 e. The van der Waals surface area contributed by atoms with Gasteiger partial charge in [0.15, 0.2) is 0 Å². The van der Waals surface area contributed by atoms with E-state index in [4.69, 9.17) is 10.2 Å². The predicted molar refractivity (Wildman–Crippen MR) is 84.4 cm³/mol. The van der Waals surface area contributed by atoms with Gasteiger partial charge in [0.05, 0.1) is 0 Å². The maximum atomic E-state index is 11.1. The summed E-state index contributed by atoms with van der Waals surface area (Å²) in [5.74, 6) is -1.57. The van der Waals surface area contributed by atoms with Gasteiger partial charge in [-0.1, -0.05) is 51.5 Å². The molecule has 0 aliphatic heterocycles. The fourth-order valence-corrected chi connectivity index (χ4v) is 2.27. The van der Waals surface area contributed by atoms with Crippen molar-refractivity contribution in [2.24, 2.45) is 0 Å². The van der Waals surface area contributed by atoms with Crippen molar-refractivity contribution in [3.63, 3.8) is 0 Å². The average molecular weight is 298 g/mol. The van der Waals surface area contributed by atoms with Crippen molar-refractivity contribution in [2.45, 2.75) is 84.0 Å². The van der Waals surface area contributed by atoms with Crippen LogP contribution in [0.5, 0.6) is 0 Å². The Balaban J connectivity index is 3.75. The van der Waals surface area contributed by atoms with Gasteiger partial charge in [-0.15, -0.1) is 0 Å². The van der Waals surface area contributed by atoms with Crippen LogP contribution in [0.1, 0.15) is 84.0 Å². The predicted octanol–water partition coefficient (Wildman–Crippen LogP) is 4.78. The van der Waals surface area contributed by atoms with Gasteiger partial charge in [-0.05, 0) is 32.1 Å². The summed E-state index contributed by atoms with van der Waals surface area (Å²) in [6, 6.07) is 0. The topological polar surface area (TPSA) is 74.6 Å². The summed E-state index contributed by atoms with van der Waals surface area (Å²) in [5, 5.41) is 17.7. The van der Waals surface area contributed by atoms with Crippen molar-refractivity contribution < 1.29 is 19.8 Å². The van der Waals surface area contributed by atoms with E-state index < -0.39 is 11.9 Å². The third-order valence-corrected chi connectivity index (χ3v) is 3.56. The highest BCUT2D eigenvalue weighted by Gasteiger charge is 2.06. The van der Waals surface area contributed by atoms with E-state index in [0.717, 1.165) is 32.1 Å². The Morgan fingerprint density at radius 1 is 0.810 bits per heavy atom. The summed E-state index contributed by atoms with van der Waals surface area (Å²) < 4.78 is 0. The van der Waals surface area contributed by atoms with E-state index in [9.17, 15) is 9.59 Å². The van der Waals surface area contributed by atoms with Gasteiger partial charge < -0.3 is 10.2 Å². The van der Waals surface area contributed by atoms with Crippen molar-refractivity contribution in [2.75, 3.05) is 0 Å². The number of carbonyl (C=O) groups is 2. The molecule has 0 aromatic heterocycles. The van der Waals surface area contributed by atoms with Crippen LogP contribution in [0, 0.1) is 0 Å². The molecular weight excluding hydrogens is 268 g/mol. The zero-order chi connectivity index (χ0) is 15.9. The standard InChI is InChI=1S/C17H30O4/c1-2-3-4-5-6-9-12-15(17(20)21)13-10-7-8-11-14-16(18)19/h12H,2-11,13-14H2,1H3,(H,18,19)(H,20,21). The fraction of sp³-hybridized carbons (Fsp3) is 0.765. The normalized spacial score (nSPS) is 11.6. The van der Waals surface area contributed by atoms with E-state index in [1.807, 2.05) is 6.08 Å². The molecule has 4 nitrogen and oxygen atoms in total. The third-order valence-electron chi connectivity index (χ3n) is 3.56. The SMILES string of the molecule is CCCCCCCC=C(CCCCCCC(=O)O)C(=O)O. The van der Waals surface area contributed by atoms with Crippen molar-refractivity contribution in [1.82, 2.24) is 0 Å². The second-order valence-electron chi connectivity index (χ2n) is 5.55. The monoisotopic (exact) mass is 298 g/mol.